The molecular weight excluding hydrogens is 544 g/mol. The monoisotopic (exact) mass is 596 g/mol. The lowest BCUT2D eigenvalue weighted by atomic mass is 10.0. The second-order valence-electron chi connectivity index (χ2n) is 10.7. The Morgan fingerprint density at radius 2 is 1.38 bits per heavy atom. The Kier molecular flexibility index (Phi) is 22.7. The number of hydrogen-bond donors (Lipinski definition) is 4. The van der Waals surface area contributed by atoms with Crippen LogP contribution in [0.1, 0.15) is 115 Å². The molecule has 0 aliphatic heterocycles. The molecule has 0 spiro atoms. The third-order valence-electron chi connectivity index (χ3n) is 6.75. The van der Waals surface area contributed by atoms with Gasteiger partial charge in [-0.15, -0.1) is 5.10 Å². The van der Waals surface area contributed by atoms with Crippen LogP contribution in [0, 0.1) is 0 Å². The molecule has 1 unspecified atom stereocenters. The number of aliphatic carboxylic acids is 1. The molecule has 0 aliphatic carbocycles. The van der Waals surface area contributed by atoms with E-state index in [0.717, 1.165) is 44.3 Å². The van der Waals surface area contributed by atoms with Crippen LogP contribution in [0.15, 0.2) is 0 Å². The maximum absolute atomic E-state index is 12.2. The summed E-state index contributed by atoms with van der Waals surface area (Å²) < 4.78 is 10.4. The molecule has 0 aliphatic rings. The minimum atomic E-state index is -1.15. The number of aromatic amines is 1. The topological polar surface area (TPSA) is 185 Å². The number of amides is 2. The zero-order valence-electron chi connectivity index (χ0n) is 25.4. The quantitative estimate of drug-likeness (QED) is 0.100. The Labute approximate surface area is 249 Å². The number of hydrogen-bond acceptors (Lipinski definition) is 9. The molecule has 1 heterocycles. The Morgan fingerprint density at radius 1 is 0.786 bits per heavy atom. The van der Waals surface area contributed by atoms with Crippen molar-refractivity contribution in [2.75, 3.05) is 33.0 Å². The van der Waals surface area contributed by atoms with Gasteiger partial charge in [0.2, 0.25) is 11.8 Å². The highest BCUT2D eigenvalue weighted by molar-refractivity contribution is 5.84. The van der Waals surface area contributed by atoms with Crippen LogP contribution in [0.3, 0.4) is 0 Å². The summed E-state index contributed by atoms with van der Waals surface area (Å²) >= 11 is 0. The molecule has 1 aromatic heterocycles. The SMILES string of the molecule is CC(=O)COCCOCCNC(=O)CCC(NC(=O)CCCCCCCCCCCCCCCc1nnn[nH]1)C(=O)O. The van der Waals surface area contributed by atoms with E-state index >= 15 is 0 Å². The molecular formula is C29H52N6O7. The first-order valence-corrected chi connectivity index (χ1v) is 15.5. The van der Waals surface area contributed by atoms with Crippen LogP contribution in [-0.4, -0.2) is 88.3 Å². The summed E-state index contributed by atoms with van der Waals surface area (Å²) in [7, 11) is 0. The van der Waals surface area contributed by atoms with Crippen LogP contribution < -0.4 is 10.6 Å². The number of aromatic nitrogens is 4. The number of carboxylic acids is 1. The van der Waals surface area contributed by atoms with Crippen molar-refractivity contribution in [1.82, 2.24) is 31.3 Å². The fourth-order valence-corrected chi connectivity index (χ4v) is 4.39. The summed E-state index contributed by atoms with van der Waals surface area (Å²) in [6.07, 6.45) is 16.3. The van der Waals surface area contributed by atoms with Crippen LogP contribution in [0.25, 0.3) is 0 Å². The standard InChI is InChI=1S/C29H52N6O7/c1-24(36)23-42-22-21-41-20-19-30-27(37)18-17-25(29(39)40)31-28(38)16-14-12-10-8-6-4-2-3-5-7-9-11-13-15-26-32-34-35-33-26/h25H,2-23H2,1H3,(H,30,37)(H,31,38)(H,39,40)(H,32,33,34,35). The van der Waals surface area contributed by atoms with Gasteiger partial charge in [0.25, 0.3) is 0 Å². The molecule has 2 amide bonds. The number of tetrazole rings is 1. The van der Waals surface area contributed by atoms with E-state index in [1.54, 1.807) is 0 Å². The second-order valence-corrected chi connectivity index (χ2v) is 10.7. The van der Waals surface area contributed by atoms with Gasteiger partial charge < -0.3 is 25.2 Å². The minimum Gasteiger partial charge on any atom is -0.480 e. The number of carboxylic acid groups (broad SMARTS) is 1. The third-order valence-corrected chi connectivity index (χ3v) is 6.75. The van der Waals surface area contributed by atoms with Crippen LogP contribution in [0.5, 0.6) is 0 Å². The Morgan fingerprint density at radius 3 is 1.95 bits per heavy atom. The molecule has 1 aromatic rings. The molecule has 0 bridgehead atoms. The summed E-state index contributed by atoms with van der Waals surface area (Å²) in [6.45, 7) is 2.65. The summed E-state index contributed by atoms with van der Waals surface area (Å²) in [5.74, 6) is -0.937. The van der Waals surface area contributed by atoms with Gasteiger partial charge in [-0.05, 0) is 36.6 Å². The van der Waals surface area contributed by atoms with E-state index in [9.17, 15) is 24.3 Å². The van der Waals surface area contributed by atoms with E-state index in [2.05, 4.69) is 31.3 Å². The molecule has 13 heteroatoms. The van der Waals surface area contributed by atoms with Crippen molar-refractivity contribution in [2.24, 2.45) is 0 Å². The second kappa shape index (κ2) is 25.8. The number of carbonyl (C=O) groups is 4. The van der Waals surface area contributed by atoms with Crippen LogP contribution >= 0.6 is 0 Å². The summed E-state index contributed by atoms with van der Waals surface area (Å²) in [6, 6.07) is -1.09. The zero-order chi connectivity index (χ0) is 30.7. The van der Waals surface area contributed by atoms with E-state index in [-0.39, 0.29) is 50.2 Å². The van der Waals surface area contributed by atoms with Gasteiger partial charge in [-0.2, -0.15) is 0 Å². The molecule has 240 valence electrons. The lowest BCUT2D eigenvalue weighted by Gasteiger charge is -2.14. The number of nitrogens with one attached hydrogen (secondary N) is 3. The van der Waals surface area contributed by atoms with Crippen molar-refractivity contribution in [3.8, 4) is 0 Å². The van der Waals surface area contributed by atoms with Crippen molar-refractivity contribution in [1.29, 1.82) is 0 Å². The normalized spacial score (nSPS) is 11.7. The van der Waals surface area contributed by atoms with Gasteiger partial charge >= 0.3 is 5.97 Å². The maximum Gasteiger partial charge on any atom is 0.326 e. The van der Waals surface area contributed by atoms with Gasteiger partial charge in [0, 0.05) is 25.8 Å². The van der Waals surface area contributed by atoms with Gasteiger partial charge in [0.1, 0.15) is 18.5 Å². The molecule has 0 radical (unpaired) electrons. The molecule has 0 saturated heterocycles. The van der Waals surface area contributed by atoms with E-state index in [0.29, 0.717) is 19.6 Å². The number of ether oxygens (including phenoxy) is 2. The predicted octanol–water partition coefficient (Wildman–Crippen LogP) is 3.29. The van der Waals surface area contributed by atoms with Crippen LogP contribution in [0.4, 0.5) is 0 Å². The molecule has 0 fully saturated rings. The minimum absolute atomic E-state index is 0.0122. The molecule has 42 heavy (non-hydrogen) atoms. The average molecular weight is 597 g/mol. The first kappa shape index (κ1) is 37.1. The van der Waals surface area contributed by atoms with Gasteiger partial charge in [0.15, 0.2) is 5.78 Å². The number of carbonyl (C=O) groups excluding carboxylic acids is 3. The van der Waals surface area contributed by atoms with Gasteiger partial charge in [-0.3, -0.25) is 14.4 Å². The number of unbranched alkanes of at least 4 members (excludes halogenated alkanes) is 12. The maximum atomic E-state index is 12.2. The molecule has 1 atom stereocenters. The summed E-state index contributed by atoms with van der Waals surface area (Å²) in [4.78, 5) is 46.4. The van der Waals surface area contributed by atoms with Crippen molar-refractivity contribution in [3.05, 3.63) is 5.82 Å². The van der Waals surface area contributed by atoms with Crippen molar-refractivity contribution < 1.29 is 33.8 Å². The van der Waals surface area contributed by atoms with Crippen LogP contribution in [0.2, 0.25) is 0 Å². The lowest BCUT2D eigenvalue weighted by molar-refractivity contribution is -0.142. The molecule has 1 rings (SSSR count). The van der Waals surface area contributed by atoms with Gasteiger partial charge in [-0.25, -0.2) is 9.89 Å². The lowest BCUT2D eigenvalue weighted by Crippen LogP contribution is -2.41. The average Bonchev–Trinajstić information content (AvgIpc) is 3.47. The number of nitrogens with zero attached hydrogens (tertiary/aromatic N) is 3. The van der Waals surface area contributed by atoms with Gasteiger partial charge in [-0.1, -0.05) is 70.6 Å². The number of aryl methyl sites for hydroxylation is 1. The Bertz CT molecular complexity index is 854. The molecule has 13 nitrogen and oxygen atoms in total. The zero-order valence-corrected chi connectivity index (χ0v) is 25.4. The smallest absolute Gasteiger partial charge is 0.326 e. The Balaban J connectivity index is 1.92. The third kappa shape index (κ3) is 22.7. The van der Waals surface area contributed by atoms with Crippen molar-refractivity contribution in [2.45, 2.75) is 122 Å². The van der Waals surface area contributed by atoms with Crippen molar-refractivity contribution >= 4 is 23.6 Å². The van der Waals surface area contributed by atoms with Gasteiger partial charge in [0.05, 0.1) is 19.8 Å². The number of ketones is 1. The van der Waals surface area contributed by atoms with E-state index in [1.165, 1.54) is 58.3 Å². The highest BCUT2D eigenvalue weighted by Gasteiger charge is 2.20. The van der Waals surface area contributed by atoms with E-state index < -0.39 is 12.0 Å². The summed E-state index contributed by atoms with van der Waals surface area (Å²) in [5, 5.41) is 28.4. The van der Waals surface area contributed by atoms with Crippen molar-refractivity contribution in [3.63, 3.8) is 0 Å². The molecule has 4 N–H and O–H groups in total. The van der Waals surface area contributed by atoms with E-state index in [1.807, 2.05) is 0 Å². The first-order chi connectivity index (χ1) is 20.4. The fraction of sp³-hybridized carbons (Fsp3) is 0.828. The number of Topliss-reactive ketones (excluding diaryl/α,β-unsaturated/α-hetero) is 1. The largest absolute Gasteiger partial charge is 0.480 e. The number of H-pyrrole nitrogens is 1. The van der Waals surface area contributed by atoms with E-state index in [4.69, 9.17) is 9.47 Å². The first-order valence-electron chi connectivity index (χ1n) is 15.5. The fourth-order valence-electron chi connectivity index (χ4n) is 4.39. The highest BCUT2D eigenvalue weighted by atomic mass is 16.5. The molecule has 0 saturated carbocycles. The van der Waals surface area contributed by atoms with Crippen LogP contribution in [-0.2, 0) is 35.1 Å². The summed E-state index contributed by atoms with van der Waals surface area (Å²) in [5.41, 5.74) is 0. The highest BCUT2D eigenvalue weighted by Crippen LogP contribution is 2.13. The molecule has 0 aromatic carbocycles. The predicted molar refractivity (Wildman–Crippen MR) is 157 cm³/mol. The number of rotatable bonds is 29. The Hall–Kier alpha value is -2.93.